The number of methoxy groups -OCH3 is 1. The Morgan fingerprint density at radius 2 is 1.75 bits per heavy atom. The number of ether oxygens (including phenoxy) is 2. The van der Waals surface area contributed by atoms with E-state index in [2.05, 4.69) is 31.5 Å². The van der Waals surface area contributed by atoms with Gasteiger partial charge in [-0.25, -0.2) is 9.59 Å². The quantitative estimate of drug-likeness (QED) is 0.482. The second kappa shape index (κ2) is 6.92. The smallest absolute Gasteiger partial charge is 0.408 e. The van der Waals surface area contributed by atoms with E-state index in [1.54, 1.807) is 26.8 Å². The van der Waals surface area contributed by atoms with Crippen LogP contribution in [-0.2, 0) is 14.3 Å². The van der Waals surface area contributed by atoms with Crippen molar-refractivity contribution in [3.05, 3.63) is 12.7 Å². The van der Waals surface area contributed by atoms with E-state index in [4.69, 9.17) is 9.47 Å². The molecule has 0 rings (SSSR count). The molecule has 0 fully saturated rings. The van der Waals surface area contributed by atoms with Crippen LogP contribution in [0.2, 0.25) is 25.2 Å². The van der Waals surface area contributed by atoms with Gasteiger partial charge in [-0.2, -0.15) is 0 Å². The monoisotopic (exact) mass is 301 g/mol. The Balaban J connectivity index is 5.13. The van der Waals surface area contributed by atoms with Crippen molar-refractivity contribution in [1.29, 1.82) is 0 Å². The van der Waals surface area contributed by atoms with Crippen molar-refractivity contribution in [2.45, 2.75) is 57.6 Å². The van der Waals surface area contributed by atoms with Gasteiger partial charge >= 0.3 is 12.1 Å². The van der Waals surface area contributed by atoms with Gasteiger partial charge in [-0.05, 0) is 20.8 Å². The van der Waals surface area contributed by atoms with E-state index >= 15 is 0 Å². The number of esters is 1. The van der Waals surface area contributed by atoms with Gasteiger partial charge in [0.05, 0.1) is 15.2 Å². The first-order chi connectivity index (χ1) is 8.92. The number of nitrogens with one attached hydrogen (secondary N) is 1. The van der Waals surface area contributed by atoms with Crippen LogP contribution in [0.1, 0.15) is 20.8 Å². The maximum Gasteiger partial charge on any atom is 0.408 e. The second-order valence-electron chi connectivity index (χ2n) is 6.77. The molecule has 0 spiro atoms. The van der Waals surface area contributed by atoms with Gasteiger partial charge in [-0.1, -0.05) is 25.7 Å². The molecular weight excluding hydrogens is 274 g/mol. The number of carbonyl (C=O) groups excluding carboxylic acids is 2. The molecule has 0 aromatic heterocycles. The lowest BCUT2D eigenvalue weighted by atomic mass is 10.2. The fourth-order valence-corrected chi connectivity index (χ4v) is 3.77. The van der Waals surface area contributed by atoms with Gasteiger partial charge in [-0.15, -0.1) is 6.58 Å². The first-order valence-corrected chi connectivity index (χ1v) is 10.2. The summed E-state index contributed by atoms with van der Waals surface area (Å²) in [7, 11) is -0.441. The van der Waals surface area contributed by atoms with Crippen molar-refractivity contribution in [3.8, 4) is 0 Å². The fourth-order valence-electron chi connectivity index (χ4n) is 1.85. The van der Waals surface area contributed by atoms with Crippen molar-refractivity contribution in [3.63, 3.8) is 0 Å². The van der Waals surface area contributed by atoms with E-state index in [9.17, 15) is 9.59 Å². The highest BCUT2D eigenvalue weighted by Crippen LogP contribution is 2.27. The maximum atomic E-state index is 11.9. The number of amides is 1. The molecule has 0 bridgehead atoms. The predicted molar refractivity (Wildman–Crippen MR) is 82.5 cm³/mol. The summed E-state index contributed by atoms with van der Waals surface area (Å²) in [5.74, 6) is -0.483. The molecule has 0 aromatic carbocycles. The van der Waals surface area contributed by atoms with Gasteiger partial charge in [-0.3, -0.25) is 0 Å². The highest BCUT2D eigenvalue weighted by Gasteiger charge is 2.38. The van der Waals surface area contributed by atoms with E-state index in [0.29, 0.717) is 0 Å². The summed E-state index contributed by atoms with van der Waals surface area (Å²) in [6.07, 6.45) is 1.09. The van der Waals surface area contributed by atoms with Crippen LogP contribution < -0.4 is 5.32 Å². The molecule has 6 heteroatoms. The van der Waals surface area contributed by atoms with Crippen LogP contribution in [0, 0.1) is 0 Å². The molecule has 1 amide bonds. The molecular formula is C14H27NO4Si. The van der Waals surface area contributed by atoms with E-state index in [-0.39, 0.29) is 5.54 Å². The van der Waals surface area contributed by atoms with Gasteiger partial charge in [0.2, 0.25) is 0 Å². The summed E-state index contributed by atoms with van der Waals surface area (Å²) >= 11 is 0. The first-order valence-electron chi connectivity index (χ1n) is 6.62. The fraction of sp³-hybridized carbons (Fsp3) is 0.714. The molecule has 0 saturated carbocycles. The lowest BCUT2D eigenvalue weighted by Gasteiger charge is -2.32. The van der Waals surface area contributed by atoms with Gasteiger partial charge in [0.15, 0.2) is 0 Å². The highest BCUT2D eigenvalue weighted by atomic mass is 28.3. The molecule has 2 atom stereocenters. The predicted octanol–water partition coefficient (Wildman–Crippen LogP) is 2.95. The molecule has 0 aliphatic rings. The Morgan fingerprint density at radius 3 is 2.05 bits per heavy atom. The van der Waals surface area contributed by atoms with Gasteiger partial charge in [0.1, 0.15) is 11.6 Å². The number of hydrogen-bond acceptors (Lipinski definition) is 4. The zero-order valence-corrected chi connectivity index (χ0v) is 14.6. The molecule has 5 nitrogen and oxygen atoms in total. The average molecular weight is 301 g/mol. The summed E-state index contributed by atoms with van der Waals surface area (Å²) in [6, 6.07) is -0.765. The number of hydrogen-bond donors (Lipinski definition) is 1. The lowest BCUT2D eigenvalue weighted by molar-refractivity contribution is -0.143. The van der Waals surface area contributed by atoms with Crippen LogP contribution in [0.15, 0.2) is 12.7 Å². The zero-order chi connectivity index (χ0) is 16.1. The standard InChI is InChI=1S/C14H27NO4Si/c1-9-10(20(6,7)8)11(12(16)18-5)15-13(17)19-14(2,3)4/h9-11H,1H2,2-8H3,(H,15,17)/t10-,11-/m0/s1. The Hall–Kier alpha value is -1.30. The van der Waals surface area contributed by atoms with Crippen molar-refractivity contribution in [1.82, 2.24) is 5.32 Å². The average Bonchev–Trinajstić information content (AvgIpc) is 2.23. The SMILES string of the molecule is C=C[C@@H]([C@H](NC(=O)OC(C)(C)C)C(=O)OC)[Si](C)(C)C. The van der Waals surface area contributed by atoms with Crippen LogP contribution in [0.3, 0.4) is 0 Å². The third kappa shape index (κ3) is 6.23. The third-order valence-electron chi connectivity index (χ3n) is 2.74. The van der Waals surface area contributed by atoms with Gasteiger partial charge < -0.3 is 14.8 Å². The molecule has 0 radical (unpaired) electrons. The van der Waals surface area contributed by atoms with Crippen LogP contribution in [0.25, 0.3) is 0 Å². The molecule has 0 heterocycles. The normalized spacial score (nSPS) is 14.9. The Morgan fingerprint density at radius 1 is 1.25 bits per heavy atom. The van der Waals surface area contributed by atoms with Crippen LogP contribution in [-0.4, -0.2) is 38.9 Å². The molecule has 116 valence electrons. The van der Waals surface area contributed by atoms with Crippen LogP contribution >= 0.6 is 0 Å². The minimum absolute atomic E-state index is 0.137. The van der Waals surface area contributed by atoms with Gasteiger partial charge in [0, 0.05) is 5.54 Å². The van der Waals surface area contributed by atoms with Crippen molar-refractivity contribution in [2.75, 3.05) is 7.11 Å². The molecule has 0 unspecified atom stereocenters. The largest absolute Gasteiger partial charge is 0.467 e. The summed E-state index contributed by atoms with van der Waals surface area (Å²) in [5.41, 5.74) is -0.754. The second-order valence-corrected chi connectivity index (χ2v) is 12.2. The van der Waals surface area contributed by atoms with Crippen LogP contribution in [0.4, 0.5) is 4.79 Å². The topological polar surface area (TPSA) is 64.6 Å². The molecule has 0 aromatic rings. The Labute approximate surface area is 122 Å². The number of rotatable bonds is 5. The van der Waals surface area contributed by atoms with Crippen LogP contribution in [0.5, 0.6) is 0 Å². The van der Waals surface area contributed by atoms with E-state index in [0.717, 1.165) is 0 Å². The third-order valence-corrected chi connectivity index (χ3v) is 5.31. The Bertz CT molecular complexity index is 368. The van der Waals surface area contributed by atoms with E-state index < -0.39 is 31.8 Å². The molecule has 20 heavy (non-hydrogen) atoms. The van der Waals surface area contributed by atoms with Crippen molar-refractivity contribution >= 4 is 20.1 Å². The maximum absolute atomic E-state index is 11.9. The molecule has 0 aliphatic carbocycles. The van der Waals surface area contributed by atoms with Crippen molar-refractivity contribution < 1.29 is 19.1 Å². The number of carbonyl (C=O) groups is 2. The van der Waals surface area contributed by atoms with E-state index in [1.807, 2.05) is 0 Å². The van der Waals surface area contributed by atoms with Gasteiger partial charge in [0.25, 0.3) is 0 Å². The first kappa shape index (κ1) is 18.7. The number of alkyl carbamates (subject to hydrolysis) is 1. The Kier molecular flexibility index (Phi) is 6.47. The molecule has 1 N–H and O–H groups in total. The summed E-state index contributed by atoms with van der Waals surface area (Å²) < 4.78 is 9.98. The molecule has 0 aliphatic heterocycles. The lowest BCUT2D eigenvalue weighted by Crippen LogP contribution is -2.51. The minimum atomic E-state index is -1.74. The summed E-state index contributed by atoms with van der Waals surface area (Å²) in [5, 5.41) is 2.61. The molecule has 0 saturated heterocycles. The summed E-state index contributed by atoms with van der Waals surface area (Å²) in [6.45, 7) is 15.4. The zero-order valence-electron chi connectivity index (χ0n) is 13.6. The van der Waals surface area contributed by atoms with E-state index in [1.165, 1.54) is 7.11 Å². The highest BCUT2D eigenvalue weighted by molar-refractivity contribution is 6.78. The summed E-state index contributed by atoms with van der Waals surface area (Å²) in [4.78, 5) is 23.8. The minimum Gasteiger partial charge on any atom is -0.467 e. The van der Waals surface area contributed by atoms with Crippen molar-refractivity contribution in [2.24, 2.45) is 0 Å².